The Morgan fingerprint density at radius 1 is 0.846 bits per heavy atom. The molecule has 1 N–H and O–H groups in total. The molecule has 0 heterocycles. The summed E-state index contributed by atoms with van der Waals surface area (Å²) in [5.74, 6) is -0.00390. The van der Waals surface area contributed by atoms with E-state index >= 15 is 0 Å². The van der Waals surface area contributed by atoms with Gasteiger partial charge in [0.1, 0.15) is 0 Å². The Kier molecular flexibility index (Phi) is 7.39. The number of nitrogens with one attached hydrogen (secondary N) is 1. The van der Waals surface area contributed by atoms with Crippen molar-refractivity contribution in [2.45, 2.75) is 40.0 Å². The number of benzene rings is 2. The van der Waals surface area contributed by atoms with Crippen LogP contribution >= 0.6 is 0 Å². The smallest absolute Gasteiger partial charge is 0.253 e. The van der Waals surface area contributed by atoms with Crippen LogP contribution in [0, 0.1) is 0 Å². The lowest BCUT2D eigenvalue weighted by molar-refractivity contribution is -0.116. The molecular formula is C22H28N2O2. The van der Waals surface area contributed by atoms with Crippen molar-refractivity contribution in [3.8, 4) is 0 Å². The molecule has 0 aliphatic rings. The van der Waals surface area contributed by atoms with Gasteiger partial charge in [-0.3, -0.25) is 9.59 Å². The maximum atomic E-state index is 12.3. The highest BCUT2D eigenvalue weighted by Crippen LogP contribution is 2.13. The van der Waals surface area contributed by atoms with Crippen molar-refractivity contribution in [3.63, 3.8) is 0 Å². The van der Waals surface area contributed by atoms with Gasteiger partial charge in [-0.05, 0) is 62.1 Å². The van der Waals surface area contributed by atoms with Crippen LogP contribution in [-0.4, -0.2) is 29.8 Å². The van der Waals surface area contributed by atoms with Gasteiger partial charge in [-0.15, -0.1) is 0 Å². The van der Waals surface area contributed by atoms with Crippen molar-refractivity contribution in [1.29, 1.82) is 0 Å². The molecule has 0 saturated heterocycles. The van der Waals surface area contributed by atoms with E-state index in [0.717, 1.165) is 12.0 Å². The molecule has 0 bridgehead atoms. The average Bonchev–Trinajstić information content (AvgIpc) is 2.68. The third kappa shape index (κ3) is 5.45. The first-order valence-corrected chi connectivity index (χ1v) is 9.34. The lowest BCUT2D eigenvalue weighted by Gasteiger charge is -2.18. The highest BCUT2D eigenvalue weighted by atomic mass is 16.2. The molecule has 2 aromatic rings. The van der Waals surface area contributed by atoms with Crippen LogP contribution in [0.3, 0.4) is 0 Å². The van der Waals surface area contributed by atoms with Crippen molar-refractivity contribution in [2.24, 2.45) is 0 Å². The van der Waals surface area contributed by atoms with Gasteiger partial charge in [0, 0.05) is 30.8 Å². The maximum absolute atomic E-state index is 12.3. The van der Waals surface area contributed by atoms with Gasteiger partial charge in [0.05, 0.1) is 0 Å². The summed E-state index contributed by atoms with van der Waals surface area (Å²) in [6.07, 6.45) is 2.17. The highest BCUT2D eigenvalue weighted by molar-refractivity contribution is 5.95. The molecule has 2 amide bonds. The molecule has 0 aliphatic carbocycles. The van der Waals surface area contributed by atoms with Gasteiger partial charge in [-0.25, -0.2) is 0 Å². The number of nitrogens with zero attached hydrogens (tertiary/aromatic N) is 1. The summed E-state index contributed by atoms with van der Waals surface area (Å²) in [5, 5.41) is 2.89. The summed E-state index contributed by atoms with van der Waals surface area (Å²) in [7, 11) is 0. The van der Waals surface area contributed by atoms with Crippen LogP contribution in [0.4, 0.5) is 5.69 Å². The second kappa shape index (κ2) is 9.76. The largest absolute Gasteiger partial charge is 0.339 e. The van der Waals surface area contributed by atoms with Gasteiger partial charge in [-0.2, -0.15) is 0 Å². The Hall–Kier alpha value is -2.62. The summed E-state index contributed by atoms with van der Waals surface area (Å²) < 4.78 is 0. The number of aryl methyl sites for hydroxylation is 2. The number of rotatable bonds is 8. The van der Waals surface area contributed by atoms with Crippen molar-refractivity contribution in [1.82, 2.24) is 4.90 Å². The molecule has 0 radical (unpaired) electrons. The van der Waals surface area contributed by atoms with E-state index < -0.39 is 0 Å². The summed E-state index contributed by atoms with van der Waals surface area (Å²) in [6.45, 7) is 7.43. The van der Waals surface area contributed by atoms with Crippen molar-refractivity contribution in [2.75, 3.05) is 18.4 Å². The SMILES string of the molecule is CCc1ccc(CCC(=O)Nc2ccc(C(=O)N(CC)CC)cc2)cc1. The molecule has 0 aliphatic heterocycles. The quantitative estimate of drug-likeness (QED) is 0.770. The molecule has 26 heavy (non-hydrogen) atoms. The van der Waals surface area contributed by atoms with Crippen LogP contribution in [0.1, 0.15) is 48.7 Å². The Balaban J connectivity index is 1.87. The van der Waals surface area contributed by atoms with E-state index in [2.05, 4.69) is 36.5 Å². The molecule has 0 atom stereocenters. The fourth-order valence-corrected chi connectivity index (χ4v) is 2.81. The van der Waals surface area contributed by atoms with E-state index in [1.54, 1.807) is 29.2 Å². The molecule has 2 aromatic carbocycles. The lowest BCUT2D eigenvalue weighted by Crippen LogP contribution is -2.30. The van der Waals surface area contributed by atoms with E-state index in [1.165, 1.54) is 5.56 Å². The Labute approximate surface area is 156 Å². The number of carbonyl (C=O) groups is 2. The van der Waals surface area contributed by atoms with Gasteiger partial charge in [0.25, 0.3) is 5.91 Å². The first-order chi connectivity index (χ1) is 12.6. The normalized spacial score (nSPS) is 10.4. The second-order valence-electron chi connectivity index (χ2n) is 6.27. The van der Waals surface area contributed by atoms with Crippen LogP contribution in [-0.2, 0) is 17.6 Å². The zero-order valence-electron chi connectivity index (χ0n) is 15.9. The van der Waals surface area contributed by atoms with Gasteiger partial charge < -0.3 is 10.2 Å². The number of anilines is 1. The third-order valence-electron chi connectivity index (χ3n) is 4.54. The van der Waals surface area contributed by atoms with Gasteiger partial charge in [0.2, 0.25) is 5.91 Å². The molecule has 0 spiro atoms. The topological polar surface area (TPSA) is 49.4 Å². The third-order valence-corrected chi connectivity index (χ3v) is 4.54. The monoisotopic (exact) mass is 352 g/mol. The first kappa shape index (κ1) is 19.7. The van der Waals surface area contributed by atoms with Crippen LogP contribution in [0.15, 0.2) is 48.5 Å². The van der Waals surface area contributed by atoms with Crippen LogP contribution in [0.25, 0.3) is 0 Å². The van der Waals surface area contributed by atoms with Crippen molar-refractivity contribution >= 4 is 17.5 Å². The molecular weight excluding hydrogens is 324 g/mol. The molecule has 4 heteroatoms. The van der Waals surface area contributed by atoms with Crippen LogP contribution < -0.4 is 5.32 Å². The average molecular weight is 352 g/mol. The summed E-state index contributed by atoms with van der Waals surface area (Å²) in [4.78, 5) is 26.2. The minimum atomic E-state index is -0.0209. The summed E-state index contributed by atoms with van der Waals surface area (Å²) in [6, 6.07) is 15.5. The fraction of sp³-hybridized carbons (Fsp3) is 0.364. The molecule has 138 valence electrons. The number of amides is 2. The van der Waals surface area contributed by atoms with Crippen LogP contribution in [0.2, 0.25) is 0 Å². The van der Waals surface area contributed by atoms with E-state index in [4.69, 9.17) is 0 Å². The number of carbonyl (C=O) groups excluding carboxylic acids is 2. The molecule has 0 aromatic heterocycles. The van der Waals surface area contributed by atoms with Gasteiger partial charge in [-0.1, -0.05) is 31.2 Å². The Morgan fingerprint density at radius 3 is 1.96 bits per heavy atom. The predicted octanol–water partition coefficient (Wildman–Crippen LogP) is 4.30. The van der Waals surface area contributed by atoms with E-state index in [1.807, 2.05) is 13.8 Å². The molecule has 2 rings (SSSR count). The van der Waals surface area contributed by atoms with Crippen molar-refractivity contribution < 1.29 is 9.59 Å². The second-order valence-corrected chi connectivity index (χ2v) is 6.27. The standard InChI is InChI=1S/C22H28N2O2/c1-4-17-7-9-18(10-8-17)11-16-21(25)23-20-14-12-19(13-15-20)22(26)24(5-2)6-3/h7-10,12-15H,4-6,11,16H2,1-3H3,(H,23,25). The Morgan fingerprint density at radius 2 is 1.42 bits per heavy atom. The van der Waals surface area contributed by atoms with Gasteiger partial charge >= 0.3 is 0 Å². The van der Waals surface area contributed by atoms with Crippen LogP contribution in [0.5, 0.6) is 0 Å². The Bertz CT molecular complexity index is 717. The number of hydrogen-bond acceptors (Lipinski definition) is 2. The first-order valence-electron chi connectivity index (χ1n) is 9.34. The minimum absolute atomic E-state index is 0.0170. The van der Waals surface area contributed by atoms with E-state index in [0.29, 0.717) is 37.2 Å². The lowest BCUT2D eigenvalue weighted by atomic mass is 10.1. The highest BCUT2D eigenvalue weighted by Gasteiger charge is 2.12. The minimum Gasteiger partial charge on any atom is -0.339 e. The molecule has 0 saturated carbocycles. The molecule has 0 fully saturated rings. The molecule has 4 nitrogen and oxygen atoms in total. The van der Waals surface area contributed by atoms with Crippen molar-refractivity contribution in [3.05, 3.63) is 65.2 Å². The summed E-state index contributed by atoms with van der Waals surface area (Å²) in [5.41, 5.74) is 3.82. The maximum Gasteiger partial charge on any atom is 0.253 e. The van der Waals surface area contributed by atoms with E-state index in [9.17, 15) is 9.59 Å². The van der Waals surface area contributed by atoms with Gasteiger partial charge in [0.15, 0.2) is 0 Å². The zero-order chi connectivity index (χ0) is 18.9. The summed E-state index contributed by atoms with van der Waals surface area (Å²) >= 11 is 0. The van der Waals surface area contributed by atoms with E-state index in [-0.39, 0.29) is 11.8 Å². The zero-order valence-corrected chi connectivity index (χ0v) is 15.9. The predicted molar refractivity (Wildman–Crippen MR) is 106 cm³/mol. The fourth-order valence-electron chi connectivity index (χ4n) is 2.81. The number of hydrogen-bond donors (Lipinski definition) is 1. The molecule has 0 unspecified atom stereocenters.